The summed E-state index contributed by atoms with van der Waals surface area (Å²) in [5, 5.41) is 9.62. The summed E-state index contributed by atoms with van der Waals surface area (Å²) in [5.41, 5.74) is 0. The van der Waals surface area contributed by atoms with Crippen LogP contribution in [0.3, 0.4) is 0 Å². The van der Waals surface area contributed by atoms with E-state index in [0.29, 0.717) is 19.3 Å². The van der Waals surface area contributed by atoms with Crippen LogP contribution in [0.2, 0.25) is 0 Å². The van der Waals surface area contributed by atoms with Gasteiger partial charge in [-0.1, -0.05) is 158 Å². The first-order valence-electron chi connectivity index (χ1n) is 22.4. The number of ether oxygens (including phenoxy) is 3. The molecule has 0 heterocycles. The first-order valence-corrected chi connectivity index (χ1v) is 22.4. The van der Waals surface area contributed by atoms with Crippen molar-refractivity contribution in [3.63, 3.8) is 0 Å². The Hall–Kier alpha value is -2.97. The minimum Gasteiger partial charge on any atom is -0.477 e. The highest BCUT2D eigenvalue weighted by molar-refractivity contribution is 5.72. The number of esters is 2. The third kappa shape index (κ3) is 36.7. The lowest BCUT2D eigenvalue weighted by atomic mass is 10.1. The molecule has 0 aromatic rings. The standard InChI is InChI=1S/C48H83NO7/c1-6-8-10-12-14-16-18-20-21-22-23-24-25-27-29-31-33-35-37-39-47(51)56-44(42-54-41-40-45(48(52)53)49(3,4)5)43-55-46(50)38-36-34-32-30-28-26-19-17-15-13-11-9-7-2/h9,11,13-20,44-45H,6-8,10,12,21-43H2,1-5H3/p+1/b11-9+,15-13+,16-14+,19-17+,20-18+. The van der Waals surface area contributed by atoms with E-state index in [2.05, 4.69) is 68.5 Å². The van der Waals surface area contributed by atoms with Crippen molar-refractivity contribution in [3.8, 4) is 0 Å². The Labute approximate surface area is 343 Å². The van der Waals surface area contributed by atoms with Crippen LogP contribution in [0.1, 0.15) is 174 Å². The number of unbranched alkanes of at least 4 members (excludes halogenated alkanes) is 18. The molecule has 0 aromatic carbocycles. The molecule has 1 N–H and O–H groups in total. The van der Waals surface area contributed by atoms with Gasteiger partial charge in [-0.15, -0.1) is 0 Å². The maximum absolute atomic E-state index is 12.7. The van der Waals surface area contributed by atoms with Crippen LogP contribution in [0, 0.1) is 0 Å². The molecule has 0 aliphatic carbocycles. The average molecular weight is 787 g/mol. The highest BCUT2D eigenvalue weighted by Gasteiger charge is 2.31. The second-order valence-electron chi connectivity index (χ2n) is 16.0. The Balaban J connectivity index is 4.34. The minimum absolute atomic E-state index is 0.0510. The highest BCUT2D eigenvalue weighted by Crippen LogP contribution is 2.14. The van der Waals surface area contributed by atoms with Gasteiger partial charge in [0.2, 0.25) is 0 Å². The fourth-order valence-corrected chi connectivity index (χ4v) is 6.26. The van der Waals surface area contributed by atoms with E-state index in [9.17, 15) is 19.5 Å². The fraction of sp³-hybridized carbons (Fsp3) is 0.729. The molecule has 0 aliphatic heterocycles. The SMILES string of the molecule is CC/C=C/C=C/C=C/CCCCCCCC(=O)OCC(COCCC(C(=O)O)[N+](C)(C)C)OC(=O)CCCCCCCCCCCC/C=C/C=C/CCCCC. The molecule has 0 radical (unpaired) electrons. The molecule has 0 spiro atoms. The van der Waals surface area contributed by atoms with Gasteiger partial charge in [0.1, 0.15) is 6.61 Å². The van der Waals surface area contributed by atoms with Crippen LogP contribution in [0.5, 0.6) is 0 Å². The molecular weight excluding hydrogens is 703 g/mol. The van der Waals surface area contributed by atoms with E-state index in [1.165, 1.54) is 77.0 Å². The molecule has 56 heavy (non-hydrogen) atoms. The van der Waals surface area contributed by atoms with Crippen LogP contribution in [0.25, 0.3) is 0 Å². The first kappa shape index (κ1) is 53.0. The molecule has 0 rings (SSSR count). The normalized spacial score (nSPS) is 13.5. The molecule has 0 bridgehead atoms. The smallest absolute Gasteiger partial charge is 0.362 e. The van der Waals surface area contributed by atoms with Crippen molar-refractivity contribution in [1.29, 1.82) is 0 Å². The minimum atomic E-state index is -0.881. The van der Waals surface area contributed by atoms with Crippen molar-refractivity contribution in [2.75, 3.05) is 41.0 Å². The second kappa shape index (κ2) is 38.9. The molecule has 322 valence electrons. The number of hydrogen-bond acceptors (Lipinski definition) is 6. The van der Waals surface area contributed by atoms with E-state index in [1.54, 1.807) is 0 Å². The van der Waals surface area contributed by atoms with Gasteiger partial charge < -0.3 is 23.8 Å². The Bertz CT molecular complexity index is 1100. The number of carbonyl (C=O) groups excluding carboxylic acids is 2. The lowest BCUT2D eigenvalue weighted by Crippen LogP contribution is -2.50. The molecular formula is C48H84NO7+. The van der Waals surface area contributed by atoms with Crippen LogP contribution in [-0.4, -0.2) is 80.6 Å². The summed E-state index contributed by atoms with van der Waals surface area (Å²) < 4.78 is 17.3. The van der Waals surface area contributed by atoms with Crippen molar-refractivity contribution in [2.45, 2.75) is 187 Å². The zero-order chi connectivity index (χ0) is 41.4. The Morgan fingerprint density at radius 2 is 1.00 bits per heavy atom. The average Bonchev–Trinajstić information content (AvgIpc) is 3.15. The maximum Gasteiger partial charge on any atom is 0.362 e. The van der Waals surface area contributed by atoms with Crippen molar-refractivity contribution in [1.82, 2.24) is 0 Å². The van der Waals surface area contributed by atoms with E-state index in [1.807, 2.05) is 27.2 Å². The molecule has 0 aromatic heterocycles. The highest BCUT2D eigenvalue weighted by atomic mass is 16.6. The third-order valence-corrected chi connectivity index (χ3v) is 9.74. The van der Waals surface area contributed by atoms with E-state index < -0.39 is 18.1 Å². The lowest BCUT2D eigenvalue weighted by molar-refractivity contribution is -0.887. The molecule has 0 saturated heterocycles. The van der Waals surface area contributed by atoms with Crippen LogP contribution < -0.4 is 0 Å². The number of allylic oxidation sites excluding steroid dienone is 10. The van der Waals surface area contributed by atoms with E-state index >= 15 is 0 Å². The summed E-state index contributed by atoms with van der Waals surface area (Å²) >= 11 is 0. The van der Waals surface area contributed by atoms with Crippen molar-refractivity contribution >= 4 is 17.9 Å². The quantitative estimate of drug-likeness (QED) is 0.0287. The fourth-order valence-electron chi connectivity index (χ4n) is 6.26. The summed E-state index contributed by atoms with van der Waals surface area (Å²) in [7, 11) is 5.51. The van der Waals surface area contributed by atoms with Gasteiger partial charge in [-0.2, -0.15) is 0 Å². The molecule has 0 amide bonds. The summed E-state index contributed by atoms with van der Waals surface area (Å²) in [4.78, 5) is 37.0. The predicted octanol–water partition coefficient (Wildman–Crippen LogP) is 12.2. The van der Waals surface area contributed by atoms with Gasteiger partial charge in [-0.25, -0.2) is 4.79 Å². The van der Waals surface area contributed by atoms with Gasteiger partial charge in [0.15, 0.2) is 12.1 Å². The molecule has 2 unspecified atom stereocenters. The maximum atomic E-state index is 12.7. The van der Waals surface area contributed by atoms with Gasteiger partial charge in [0.05, 0.1) is 34.4 Å². The Morgan fingerprint density at radius 3 is 1.48 bits per heavy atom. The monoisotopic (exact) mass is 787 g/mol. The zero-order valence-corrected chi connectivity index (χ0v) is 36.6. The van der Waals surface area contributed by atoms with Crippen LogP contribution in [0.15, 0.2) is 60.8 Å². The number of likely N-dealkylation sites (N-methyl/N-ethyl adjacent to an activating group) is 1. The largest absolute Gasteiger partial charge is 0.477 e. The molecule has 0 aliphatic rings. The van der Waals surface area contributed by atoms with Gasteiger partial charge in [0, 0.05) is 19.3 Å². The third-order valence-electron chi connectivity index (χ3n) is 9.74. The molecule has 8 heteroatoms. The second-order valence-corrected chi connectivity index (χ2v) is 16.0. The van der Waals surface area contributed by atoms with Gasteiger partial charge >= 0.3 is 17.9 Å². The molecule has 2 atom stereocenters. The summed E-state index contributed by atoms with van der Waals surface area (Å²) in [6.45, 7) is 4.54. The van der Waals surface area contributed by atoms with Crippen LogP contribution in [-0.2, 0) is 28.6 Å². The van der Waals surface area contributed by atoms with Crippen molar-refractivity contribution in [3.05, 3.63) is 60.8 Å². The number of nitrogens with zero attached hydrogens (tertiary/aromatic N) is 1. The first-order chi connectivity index (χ1) is 27.1. The molecule has 0 fully saturated rings. The number of quaternary nitrogens is 1. The van der Waals surface area contributed by atoms with Crippen molar-refractivity contribution in [2.24, 2.45) is 0 Å². The summed E-state index contributed by atoms with van der Waals surface area (Å²) in [5.74, 6) is -1.50. The van der Waals surface area contributed by atoms with Crippen molar-refractivity contribution < 1.29 is 38.2 Å². The number of carbonyl (C=O) groups is 3. The number of aliphatic carboxylic acids is 1. The van der Waals surface area contributed by atoms with Crippen LogP contribution in [0.4, 0.5) is 0 Å². The lowest BCUT2D eigenvalue weighted by Gasteiger charge is -2.31. The Morgan fingerprint density at radius 1 is 0.554 bits per heavy atom. The number of hydrogen-bond donors (Lipinski definition) is 1. The molecule has 0 saturated carbocycles. The van der Waals surface area contributed by atoms with Gasteiger partial charge in [-0.3, -0.25) is 9.59 Å². The summed E-state index contributed by atoms with van der Waals surface area (Å²) in [6, 6.07) is -0.620. The van der Waals surface area contributed by atoms with Gasteiger partial charge in [0.25, 0.3) is 0 Å². The molecule has 8 nitrogen and oxygen atoms in total. The predicted molar refractivity (Wildman–Crippen MR) is 234 cm³/mol. The zero-order valence-electron chi connectivity index (χ0n) is 36.6. The van der Waals surface area contributed by atoms with Gasteiger partial charge in [-0.05, 0) is 57.8 Å². The van der Waals surface area contributed by atoms with E-state index in [0.717, 1.165) is 64.2 Å². The van der Waals surface area contributed by atoms with Crippen LogP contribution >= 0.6 is 0 Å². The topological polar surface area (TPSA) is 99.1 Å². The number of rotatable bonds is 39. The number of carboxylic acid groups (broad SMARTS) is 1. The number of carboxylic acids is 1. The Kier molecular flexibility index (Phi) is 36.8. The summed E-state index contributed by atoms with van der Waals surface area (Å²) in [6.07, 6.45) is 46.9. The van der Waals surface area contributed by atoms with E-state index in [-0.39, 0.29) is 36.2 Å². The van der Waals surface area contributed by atoms with E-state index in [4.69, 9.17) is 14.2 Å².